The summed E-state index contributed by atoms with van der Waals surface area (Å²) < 4.78 is 40.2. The molecule has 2 aromatic carbocycles. The maximum absolute atomic E-state index is 13.4. The van der Waals surface area contributed by atoms with Crippen LogP contribution in [0.25, 0.3) is 0 Å². The van der Waals surface area contributed by atoms with Crippen LogP contribution in [0.2, 0.25) is 0 Å². The topological polar surface area (TPSA) is 46.2 Å². The third-order valence-electron chi connectivity index (χ3n) is 3.04. The van der Waals surface area contributed by atoms with Crippen molar-refractivity contribution in [3.63, 3.8) is 0 Å². The van der Waals surface area contributed by atoms with Crippen molar-refractivity contribution in [2.75, 3.05) is 10.6 Å². The number of alkyl halides is 1. The molecular formula is C15H15ClFNO2S. The van der Waals surface area contributed by atoms with Gasteiger partial charge in [0.1, 0.15) is 5.82 Å². The van der Waals surface area contributed by atoms with Gasteiger partial charge in [0, 0.05) is 5.88 Å². The Morgan fingerprint density at radius 3 is 2.38 bits per heavy atom. The summed E-state index contributed by atoms with van der Waals surface area (Å²) in [4.78, 5) is 0.127. The second-order valence-electron chi connectivity index (χ2n) is 4.65. The average Bonchev–Trinajstić information content (AvgIpc) is 2.44. The zero-order valence-corrected chi connectivity index (χ0v) is 13.0. The molecule has 3 nitrogen and oxygen atoms in total. The van der Waals surface area contributed by atoms with E-state index in [0.717, 1.165) is 11.6 Å². The summed E-state index contributed by atoms with van der Waals surface area (Å²) in [7, 11) is -3.72. The molecule has 21 heavy (non-hydrogen) atoms. The van der Waals surface area contributed by atoms with Crippen LogP contribution in [0.15, 0.2) is 47.4 Å². The fourth-order valence-electron chi connectivity index (χ4n) is 1.81. The lowest BCUT2D eigenvalue weighted by Gasteiger charge is -2.09. The van der Waals surface area contributed by atoms with Crippen LogP contribution < -0.4 is 4.72 Å². The molecule has 0 spiro atoms. The monoisotopic (exact) mass is 327 g/mol. The number of nitrogens with one attached hydrogen (secondary N) is 1. The Hall–Kier alpha value is -1.59. The van der Waals surface area contributed by atoms with E-state index in [2.05, 4.69) is 4.72 Å². The first-order valence-corrected chi connectivity index (χ1v) is 8.38. The first kappa shape index (κ1) is 15.8. The first-order chi connectivity index (χ1) is 9.92. The molecule has 0 aliphatic heterocycles. The summed E-state index contributed by atoms with van der Waals surface area (Å²) >= 11 is 5.63. The number of aryl methyl sites for hydroxylation is 2. The van der Waals surface area contributed by atoms with Gasteiger partial charge in [0.25, 0.3) is 10.0 Å². The highest BCUT2D eigenvalue weighted by molar-refractivity contribution is 7.92. The number of benzene rings is 2. The molecule has 1 N–H and O–H groups in total. The fourth-order valence-corrected chi connectivity index (χ4v) is 3.08. The summed E-state index contributed by atoms with van der Waals surface area (Å²) in [6.07, 6.45) is 0.679. The summed E-state index contributed by atoms with van der Waals surface area (Å²) in [5.74, 6) is 0.0279. The Labute approximate surface area is 128 Å². The van der Waals surface area contributed by atoms with Gasteiger partial charge in [-0.15, -0.1) is 11.6 Å². The van der Waals surface area contributed by atoms with Crippen molar-refractivity contribution < 1.29 is 12.8 Å². The number of hydrogen-bond donors (Lipinski definition) is 1. The molecule has 0 fully saturated rings. The normalized spacial score (nSPS) is 11.4. The van der Waals surface area contributed by atoms with Gasteiger partial charge in [0.15, 0.2) is 0 Å². The SMILES string of the molecule is Cc1ccc(NS(=O)(=O)c2ccc(CCCl)cc2)cc1F. The van der Waals surface area contributed by atoms with Crippen molar-refractivity contribution in [3.8, 4) is 0 Å². The van der Waals surface area contributed by atoms with E-state index in [1.807, 2.05) is 0 Å². The van der Waals surface area contributed by atoms with E-state index in [1.165, 1.54) is 24.3 Å². The second-order valence-corrected chi connectivity index (χ2v) is 6.71. The summed E-state index contributed by atoms with van der Waals surface area (Å²) in [6, 6.07) is 10.7. The van der Waals surface area contributed by atoms with Crippen LogP contribution in [0, 0.1) is 12.7 Å². The van der Waals surface area contributed by atoms with E-state index in [0.29, 0.717) is 17.9 Å². The number of rotatable bonds is 5. The minimum Gasteiger partial charge on any atom is -0.280 e. The minimum absolute atomic E-state index is 0.127. The minimum atomic E-state index is -3.72. The van der Waals surface area contributed by atoms with Gasteiger partial charge in [-0.1, -0.05) is 18.2 Å². The smallest absolute Gasteiger partial charge is 0.261 e. The van der Waals surface area contributed by atoms with E-state index in [4.69, 9.17) is 11.6 Å². The van der Waals surface area contributed by atoms with Gasteiger partial charge in [0.2, 0.25) is 0 Å². The van der Waals surface area contributed by atoms with Gasteiger partial charge in [-0.05, 0) is 48.7 Å². The largest absolute Gasteiger partial charge is 0.280 e. The standard InChI is InChI=1S/C15H15ClFNO2S/c1-11-2-5-13(10-15(11)17)18-21(19,20)14-6-3-12(4-7-14)8-9-16/h2-7,10,18H,8-9H2,1H3. The highest BCUT2D eigenvalue weighted by Gasteiger charge is 2.14. The van der Waals surface area contributed by atoms with Gasteiger partial charge in [-0.2, -0.15) is 0 Å². The molecular weight excluding hydrogens is 313 g/mol. The van der Waals surface area contributed by atoms with E-state index in [9.17, 15) is 12.8 Å². The van der Waals surface area contributed by atoms with E-state index in [1.54, 1.807) is 19.1 Å². The molecule has 0 radical (unpaired) electrons. The summed E-state index contributed by atoms with van der Waals surface area (Å²) in [5, 5.41) is 0. The molecule has 0 bridgehead atoms. The van der Waals surface area contributed by atoms with Crippen LogP contribution in [0.4, 0.5) is 10.1 Å². The predicted molar refractivity (Wildman–Crippen MR) is 82.8 cm³/mol. The van der Waals surface area contributed by atoms with Crippen molar-refractivity contribution in [1.29, 1.82) is 0 Å². The molecule has 0 atom stereocenters. The lowest BCUT2D eigenvalue weighted by atomic mass is 10.2. The Bertz CT molecular complexity index is 730. The lowest BCUT2D eigenvalue weighted by molar-refractivity contribution is 0.601. The molecule has 2 rings (SSSR count). The summed E-state index contributed by atoms with van der Waals surface area (Å²) in [5.41, 5.74) is 1.62. The van der Waals surface area contributed by atoms with Crippen LogP contribution >= 0.6 is 11.6 Å². The van der Waals surface area contributed by atoms with Crippen molar-refractivity contribution in [2.45, 2.75) is 18.2 Å². The predicted octanol–water partition coefficient (Wildman–Crippen LogP) is 3.72. The molecule has 0 unspecified atom stereocenters. The first-order valence-electron chi connectivity index (χ1n) is 6.36. The van der Waals surface area contributed by atoms with Crippen molar-refractivity contribution >= 4 is 27.3 Å². The molecule has 112 valence electrons. The molecule has 0 heterocycles. The zero-order valence-electron chi connectivity index (χ0n) is 11.4. The highest BCUT2D eigenvalue weighted by Crippen LogP contribution is 2.19. The number of hydrogen-bond acceptors (Lipinski definition) is 2. The molecule has 0 aliphatic rings. The number of halogens is 2. The van der Waals surface area contributed by atoms with Gasteiger partial charge in [-0.25, -0.2) is 12.8 Å². The van der Waals surface area contributed by atoms with E-state index < -0.39 is 15.8 Å². The van der Waals surface area contributed by atoms with Crippen LogP contribution in [-0.4, -0.2) is 14.3 Å². The third-order valence-corrected chi connectivity index (χ3v) is 4.63. The Morgan fingerprint density at radius 2 is 1.81 bits per heavy atom. The summed E-state index contributed by atoms with van der Waals surface area (Å²) in [6.45, 7) is 1.61. The second kappa shape index (κ2) is 6.45. The van der Waals surface area contributed by atoms with E-state index in [-0.39, 0.29) is 10.6 Å². The van der Waals surface area contributed by atoms with Crippen LogP contribution in [0.3, 0.4) is 0 Å². The van der Waals surface area contributed by atoms with Gasteiger partial charge in [-0.3, -0.25) is 4.72 Å². The van der Waals surface area contributed by atoms with Gasteiger partial charge >= 0.3 is 0 Å². The van der Waals surface area contributed by atoms with Crippen LogP contribution in [-0.2, 0) is 16.4 Å². The number of anilines is 1. The Morgan fingerprint density at radius 1 is 1.14 bits per heavy atom. The molecule has 0 aromatic heterocycles. The molecule has 0 saturated heterocycles. The fraction of sp³-hybridized carbons (Fsp3) is 0.200. The average molecular weight is 328 g/mol. The lowest BCUT2D eigenvalue weighted by Crippen LogP contribution is -2.13. The third kappa shape index (κ3) is 3.95. The molecule has 2 aromatic rings. The maximum Gasteiger partial charge on any atom is 0.261 e. The maximum atomic E-state index is 13.4. The van der Waals surface area contributed by atoms with Crippen LogP contribution in [0.5, 0.6) is 0 Å². The van der Waals surface area contributed by atoms with Crippen molar-refractivity contribution in [3.05, 3.63) is 59.4 Å². The quantitative estimate of drug-likeness (QED) is 0.851. The van der Waals surface area contributed by atoms with Crippen LogP contribution in [0.1, 0.15) is 11.1 Å². The molecule has 0 amide bonds. The van der Waals surface area contributed by atoms with Gasteiger partial charge in [0.05, 0.1) is 10.6 Å². The molecule has 0 saturated carbocycles. The van der Waals surface area contributed by atoms with E-state index >= 15 is 0 Å². The zero-order chi connectivity index (χ0) is 15.5. The Balaban J connectivity index is 2.23. The molecule has 0 aliphatic carbocycles. The number of sulfonamides is 1. The highest BCUT2D eigenvalue weighted by atomic mass is 35.5. The Kier molecular flexibility index (Phi) is 4.85. The molecule has 6 heteroatoms. The van der Waals surface area contributed by atoms with Crippen molar-refractivity contribution in [2.24, 2.45) is 0 Å². The van der Waals surface area contributed by atoms with Crippen molar-refractivity contribution in [1.82, 2.24) is 0 Å². The van der Waals surface area contributed by atoms with Gasteiger partial charge < -0.3 is 0 Å².